The number of anilines is 1. The summed E-state index contributed by atoms with van der Waals surface area (Å²) < 4.78 is 5.88. The average Bonchev–Trinajstić information content (AvgIpc) is 3.30. The number of nitrogens with zero attached hydrogens (tertiary/aromatic N) is 1. The SMILES string of the molecule is CCOC[C@]1(CCc2ccsc2)CCN(Cc2ccc(NC(C)=O)cc2)C1. The zero-order valence-corrected chi connectivity index (χ0v) is 17.2. The molecule has 0 radical (unpaired) electrons. The van der Waals surface area contributed by atoms with Crippen LogP contribution in [0.3, 0.4) is 0 Å². The van der Waals surface area contributed by atoms with E-state index >= 15 is 0 Å². The van der Waals surface area contributed by atoms with Gasteiger partial charge in [-0.3, -0.25) is 9.69 Å². The molecular formula is C22H30N2O2S. The van der Waals surface area contributed by atoms with Crippen LogP contribution in [0.2, 0.25) is 0 Å². The minimum absolute atomic E-state index is 0.0337. The van der Waals surface area contributed by atoms with Crippen molar-refractivity contribution < 1.29 is 9.53 Å². The monoisotopic (exact) mass is 386 g/mol. The third-order valence-corrected chi connectivity index (χ3v) is 6.07. The molecule has 1 amide bonds. The van der Waals surface area contributed by atoms with E-state index in [1.807, 2.05) is 12.1 Å². The van der Waals surface area contributed by atoms with Crippen LogP contribution >= 0.6 is 11.3 Å². The molecule has 0 unspecified atom stereocenters. The highest BCUT2D eigenvalue weighted by Gasteiger charge is 2.37. The lowest BCUT2D eigenvalue weighted by Crippen LogP contribution is -2.32. The van der Waals surface area contributed by atoms with Gasteiger partial charge >= 0.3 is 0 Å². The van der Waals surface area contributed by atoms with Gasteiger partial charge in [-0.25, -0.2) is 0 Å². The summed E-state index contributed by atoms with van der Waals surface area (Å²) >= 11 is 1.78. The molecule has 4 nitrogen and oxygen atoms in total. The molecular weight excluding hydrogens is 356 g/mol. The highest BCUT2D eigenvalue weighted by molar-refractivity contribution is 7.07. The maximum atomic E-state index is 11.2. The zero-order chi connectivity index (χ0) is 19.1. The predicted molar refractivity (Wildman–Crippen MR) is 112 cm³/mol. The molecule has 2 aromatic rings. The molecule has 1 aromatic carbocycles. The molecule has 0 aliphatic carbocycles. The van der Waals surface area contributed by atoms with E-state index in [9.17, 15) is 4.79 Å². The van der Waals surface area contributed by atoms with Crippen molar-refractivity contribution in [2.45, 2.75) is 39.7 Å². The number of nitrogens with one attached hydrogen (secondary N) is 1. The Morgan fingerprint density at radius 1 is 1.26 bits per heavy atom. The minimum atomic E-state index is -0.0337. The molecule has 1 aromatic heterocycles. The van der Waals surface area contributed by atoms with Crippen molar-refractivity contribution in [3.63, 3.8) is 0 Å². The van der Waals surface area contributed by atoms with Gasteiger partial charge in [0.15, 0.2) is 0 Å². The summed E-state index contributed by atoms with van der Waals surface area (Å²) in [5.41, 5.74) is 3.85. The number of hydrogen-bond acceptors (Lipinski definition) is 4. The largest absolute Gasteiger partial charge is 0.381 e. The number of thiophene rings is 1. The Labute approximate surface area is 166 Å². The van der Waals surface area contributed by atoms with Crippen LogP contribution in [-0.4, -0.2) is 37.1 Å². The summed E-state index contributed by atoms with van der Waals surface area (Å²) in [5.74, 6) is -0.0337. The average molecular weight is 387 g/mol. The fourth-order valence-electron chi connectivity index (χ4n) is 3.87. The van der Waals surface area contributed by atoms with E-state index in [4.69, 9.17) is 4.74 Å². The molecule has 27 heavy (non-hydrogen) atoms. The summed E-state index contributed by atoms with van der Waals surface area (Å²) in [7, 11) is 0. The van der Waals surface area contributed by atoms with E-state index in [1.165, 1.54) is 30.9 Å². The van der Waals surface area contributed by atoms with Crippen molar-refractivity contribution in [2.75, 3.05) is 31.6 Å². The molecule has 5 heteroatoms. The first-order valence-corrected chi connectivity index (χ1v) is 10.7. The molecule has 0 saturated carbocycles. The molecule has 1 atom stereocenters. The smallest absolute Gasteiger partial charge is 0.221 e. The number of carbonyl (C=O) groups excluding carboxylic acids is 1. The summed E-state index contributed by atoms with van der Waals surface area (Å²) in [4.78, 5) is 13.7. The Bertz CT molecular complexity index is 714. The second kappa shape index (κ2) is 9.49. The van der Waals surface area contributed by atoms with Gasteiger partial charge in [-0.1, -0.05) is 12.1 Å². The summed E-state index contributed by atoms with van der Waals surface area (Å²) in [6.07, 6.45) is 3.51. The first-order valence-electron chi connectivity index (χ1n) is 9.76. The van der Waals surface area contributed by atoms with Crippen LogP contribution < -0.4 is 5.32 Å². The standard InChI is InChI=1S/C22H30N2O2S/c1-3-26-17-22(10-8-20-9-13-27-15-20)11-12-24(16-22)14-19-4-6-21(7-5-19)23-18(2)25/h4-7,9,13,15H,3,8,10-12,14,16-17H2,1-2H3,(H,23,25)/t22-/m1/s1. The van der Waals surface area contributed by atoms with Gasteiger partial charge in [0.1, 0.15) is 0 Å². The van der Waals surface area contributed by atoms with Gasteiger partial charge < -0.3 is 10.1 Å². The van der Waals surface area contributed by atoms with E-state index in [0.29, 0.717) is 0 Å². The molecule has 0 spiro atoms. The zero-order valence-electron chi connectivity index (χ0n) is 16.4. The number of benzene rings is 1. The van der Waals surface area contributed by atoms with Crippen molar-refractivity contribution in [1.82, 2.24) is 4.90 Å². The van der Waals surface area contributed by atoms with Gasteiger partial charge in [0.2, 0.25) is 5.91 Å². The Morgan fingerprint density at radius 2 is 2.07 bits per heavy atom. The number of likely N-dealkylation sites (tertiary alicyclic amines) is 1. The van der Waals surface area contributed by atoms with Crippen molar-refractivity contribution in [1.29, 1.82) is 0 Å². The second-order valence-corrected chi connectivity index (χ2v) is 8.39. The Balaban J connectivity index is 1.58. The Kier molecular flexibility index (Phi) is 7.05. The van der Waals surface area contributed by atoms with Crippen LogP contribution in [0.15, 0.2) is 41.1 Å². The molecule has 1 N–H and O–H groups in total. The quantitative estimate of drug-likeness (QED) is 0.686. The number of ether oxygens (including phenoxy) is 1. The van der Waals surface area contributed by atoms with Gasteiger partial charge in [0, 0.05) is 37.7 Å². The van der Waals surface area contributed by atoms with E-state index < -0.39 is 0 Å². The fourth-order valence-corrected chi connectivity index (χ4v) is 4.58. The van der Waals surface area contributed by atoms with E-state index in [-0.39, 0.29) is 11.3 Å². The maximum absolute atomic E-state index is 11.2. The van der Waals surface area contributed by atoms with Gasteiger partial charge in [-0.05, 0) is 72.8 Å². The summed E-state index contributed by atoms with van der Waals surface area (Å²) in [5, 5.41) is 7.25. The first kappa shape index (κ1) is 20.1. The van der Waals surface area contributed by atoms with Gasteiger partial charge in [0.25, 0.3) is 0 Å². The summed E-state index contributed by atoms with van der Waals surface area (Å²) in [6, 6.07) is 10.4. The topological polar surface area (TPSA) is 41.6 Å². The number of carbonyl (C=O) groups is 1. The van der Waals surface area contributed by atoms with Gasteiger partial charge in [-0.15, -0.1) is 0 Å². The maximum Gasteiger partial charge on any atom is 0.221 e. The predicted octanol–water partition coefficient (Wildman–Crippen LogP) is 4.57. The molecule has 1 aliphatic heterocycles. The summed E-state index contributed by atoms with van der Waals surface area (Å²) in [6.45, 7) is 8.40. The molecule has 146 valence electrons. The fraction of sp³-hybridized carbons (Fsp3) is 0.500. The Morgan fingerprint density at radius 3 is 2.74 bits per heavy atom. The van der Waals surface area contributed by atoms with Crippen LogP contribution in [-0.2, 0) is 22.5 Å². The van der Waals surface area contributed by atoms with Crippen molar-refractivity contribution in [3.05, 3.63) is 52.2 Å². The van der Waals surface area contributed by atoms with Crippen LogP contribution in [0.25, 0.3) is 0 Å². The molecule has 3 rings (SSSR count). The lowest BCUT2D eigenvalue weighted by molar-refractivity contribution is -0.114. The second-order valence-electron chi connectivity index (χ2n) is 7.61. The lowest BCUT2D eigenvalue weighted by atomic mass is 9.82. The van der Waals surface area contributed by atoms with Crippen LogP contribution in [0, 0.1) is 5.41 Å². The molecule has 1 aliphatic rings. The van der Waals surface area contributed by atoms with Crippen LogP contribution in [0.5, 0.6) is 0 Å². The molecule has 0 bridgehead atoms. The van der Waals surface area contributed by atoms with Gasteiger partial charge in [-0.2, -0.15) is 11.3 Å². The molecule has 2 heterocycles. The third-order valence-electron chi connectivity index (χ3n) is 5.33. The Hall–Kier alpha value is -1.69. The van der Waals surface area contributed by atoms with Crippen molar-refractivity contribution in [3.8, 4) is 0 Å². The first-order chi connectivity index (χ1) is 13.1. The third kappa shape index (κ3) is 5.89. The molecule has 1 fully saturated rings. The van der Waals surface area contributed by atoms with Crippen molar-refractivity contribution >= 4 is 22.9 Å². The number of aryl methyl sites for hydroxylation is 1. The van der Waals surface area contributed by atoms with Gasteiger partial charge in [0.05, 0.1) is 6.61 Å². The normalized spacial score (nSPS) is 20.1. The minimum Gasteiger partial charge on any atom is -0.381 e. The molecule has 1 saturated heterocycles. The number of amides is 1. The van der Waals surface area contributed by atoms with E-state index in [2.05, 4.69) is 46.1 Å². The van der Waals surface area contributed by atoms with E-state index in [1.54, 1.807) is 11.3 Å². The number of hydrogen-bond donors (Lipinski definition) is 1. The van der Waals surface area contributed by atoms with Crippen molar-refractivity contribution in [2.24, 2.45) is 5.41 Å². The van der Waals surface area contributed by atoms with Crippen LogP contribution in [0.4, 0.5) is 5.69 Å². The number of rotatable bonds is 9. The highest BCUT2D eigenvalue weighted by atomic mass is 32.1. The lowest BCUT2D eigenvalue weighted by Gasteiger charge is -2.29. The van der Waals surface area contributed by atoms with Crippen LogP contribution in [0.1, 0.15) is 37.8 Å². The highest BCUT2D eigenvalue weighted by Crippen LogP contribution is 2.36. The van der Waals surface area contributed by atoms with E-state index in [0.717, 1.165) is 45.0 Å².